The standard InChI is InChI=1S/C27H25N7O3/c1-4-37-27(36)33-26-31-22-14-19(13-20(24(22)32-26)25-29-10-7-11-30-25)18-12-16(2)34(23(35)15-18)17(3)21-8-5-6-9-28-21/h5-15,17H,4H2,1-3H3,(H2,31,32,33,36)/t17-/m1/s1. The minimum Gasteiger partial charge on any atom is -0.450 e. The summed E-state index contributed by atoms with van der Waals surface area (Å²) in [6.07, 6.45) is 4.41. The van der Waals surface area contributed by atoms with Crippen LogP contribution < -0.4 is 10.9 Å². The molecule has 0 unspecified atom stereocenters. The number of pyridine rings is 2. The molecule has 10 heteroatoms. The quantitative estimate of drug-likeness (QED) is 0.348. The van der Waals surface area contributed by atoms with E-state index in [1.165, 1.54) is 0 Å². The molecule has 1 aromatic carbocycles. The number of nitrogens with one attached hydrogen (secondary N) is 2. The first-order valence-electron chi connectivity index (χ1n) is 11.8. The van der Waals surface area contributed by atoms with Crippen LogP contribution in [0.4, 0.5) is 10.7 Å². The van der Waals surface area contributed by atoms with Gasteiger partial charge in [0.2, 0.25) is 5.95 Å². The number of amides is 1. The highest BCUT2D eigenvalue weighted by molar-refractivity contribution is 5.96. The van der Waals surface area contributed by atoms with Crippen LogP contribution in [0.3, 0.4) is 0 Å². The maximum Gasteiger partial charge on any atom is 0.413 e. The zero-order valence-corrected chi connectivity index (χ0v) is 20.6. The van der Waals surface area contributed by atoms with Crippen molar-refractivity contribution in [2.24, 2.45) is 0 Å². The number of nitrogens with zero attached hydrogens (tertiary/aromatic N) is 5. The normalized spacial score (nSPS) is 11.9. The maximum atomic E-state index is 13.3. The summed E-state index contributed by atoms with van der Waals surface area (Å²) >= 11 is 0. The Morgan fingerprint density at radius 1 is 1.05 bits per heavy atom. The van der Waals surface area contributed by atoms with Crippen molar-refractivity contribution >= 4 is 23.1 Å². The first kappa shape index (κ1) is 23.9. The number of aryl methyl sites for hydroxylation is 1. The molecule has 0 saturated heterocycles. The Labute approximate surface area is 212 Å². The summed E-state index contributed by atoms with van der Waals surface area (Å²) in [5.41, 5.74) is 4.87. The van der Waals surface area contributed by atoms with Gasteiger partial charge in [0.15, 0.2) is 5.82 Å². The summed E-state index contributed by atoms with van der Waals surface area (Å²) in [4.78, 5) is 46.1. The van der Waals surface area contributed by atoms with Gasteiger partial charge in [0.1, 0.15) is 0 Å². The fraction of sp³-hybridized carbons (Fsp3) is 0.185. The summed E-state index contributed by atoms with van der Waals surface area (Å²) in [5.74, 6) is 0.716. The molecule has 1 amide bonds. The number of carbonyl (C=O) groups is 1. The van der Waals surface area contributed by atoms with E-state index in [0.717, 1.165) is 22.5 Å². The van der Waals surface area contributed by atoms with E-state index in [0.29, 0.717) is 22.4 Å². The lowest BCUT2D eigenvalue weighted by Gasteiger charge is -2.18. The number of fused-ring (bicyclic) bond motifs is 1. The van der Waals surface area contributed by atoms with Crippen molar-refractivity contribution in [1.29, 1.82) is 0 Å². The predicted molar refractivity (Wildman–Crippen MR) is 140 cm³/mol. The van der Waals surface area contributed by atoms with Crippen LogP contribution in [0.15, 0.2) is 71.9 Å². The number of H-pyrrole nitrogens is 1. The van der Waals surface area contributed by atoms with Crippen molar-refractivity contribution in [3.05, 3.63) is 88.9 Å². The van der Waals surface area contributed by atoms with Crippen molar-refractivity contribution in [3.63, 3.8) is 0 Å². The lowest BCUT2D eigenvalue weighted by atomic mass is 10.0. The Morgan fingerprint density at radius 2 is 1.81 bits per heavy atom. The highest BCUT2D eigenvalue weighted by atomic mass is 16.5. The lowest BCUT2D eigenvalue weighted by molar-refractivity contribution is 0.167. The third kappa shape index (κ3) is 4.81. The third-order valence-corrected chi connectivity index (χ3v) is 5.99. The molecular formula is C27H25N7O3. The van der Waals surface area contributed by atoms with Gasteiger partial charge in [-0.25, -0.2) is 19.7 Å². The average Bonchev–Trinajstić information content (AvgIpc) is 3.31. The van der Waals surface area contributed by atoms with Crippen molar-refractivity contribution in [1.82, 2.24) is 29.5 Å². The van der Waals surface area contributed by atoms with Gasteiger partial charge >= 0.3 is 6.09 Å². The highest BCUT2D eigenvalue weighted by Gasteiger charge is 2.18. The van der Waals surface area contributed by atoms with E-state index >= 15 is 0 Å². The van der Waals surface area contributed by atoms with E-state index in [-0.39, 0.29) is 24.2 Å². The molecule has 10 nitrogen and oxygen atoms in total. The fourth-order valence-corrected chi connectivity index (χ4v) is 4.35. The molecule has 0 bridgehead atoms. The van der Waals surface area contributed by atoms with Gasteiger partial charge in [0.05, 0.1) is 29.4 Å². The Kier molecular flexibility index (Phi) is 6.46. The van der Waals surface area contributed by atoms with Gasteiger partial charge in [-0.15, -0.1) is 0 Å². The van der Waals surface area contributed by atoms with Crippen LogP contribution in [0, 0.1) is 6.92 Å². The molecule has 1 atom stereocenters. The SMILES string of the molecule is CCOC(=O)Nc1nc2cc(-c3cc(C)n([C@H](C)c4ccccn4)c(=O)c3)cc(-c3ncccn3)c2[nH]1. The smallest absolute Gasteiger partial charge is 0.413 e. The van der Waals surface area contributed by atoms with Gasteiger partial charge < -0.3 is 14.3 Å². The van der Waals surface area contributed by atoms with Crippen molar-refractivity contribution in [3.8, 4) is 22.5 Å². The zero-order valence-electron chi connectivity index (χ0n) is 20.6. The molecule has 0 fully saturated rings. The van der Waals surface area contributed by atoms with Gasteiger partial charge in [0.25, 0.3) is 5.56 Å². The molecule has 2 N–H and O–H groups in total. The number of anilines is 1. The molecular weight excluding hydrogens is 470 g/mol. The van der Waals surface area contributed by atoms with Gasteiger partial charge in [-0.1, -0.05) is 6.07 Å². The van der Waals surface area contributed by atoms with E-state index in [1.54, 1.807) is 42.2 Å². The third-order valence-electron chi connectivity index (χ3n) is 5.99. The van der Waals surface area contributed by atoms with Crippen LogP contribution in [0.5, 0.6) is 0 Å². The first-order valence-corrected chi connectivity index (χ1v) is 11.8. The van der Waals surface area contributed by atoms with E-state index < -0.39 is 6.09 Å². The second-order valence-electron chi connectivity index (χ2n) is 8.45. The number of aromatic amines is 1. The molecule has 0 saturated carbocycles. The summed E-state index contributed by atoms with van der Waals surface area (Å²) < 4.78 is 6.69. The number of ether oxygens (including phenoxy) is 1. The average molecular weight is 496 g/mol. The molecule has 37 heavy (non-hydrogen) atoms. The van der Waals surface area contributed by atoms with E-state index in [1.807, 2.05) is 50.2 Å². The molecule has 4 heterocycles. The molecule has 0 spiro atoms. The Morgan fingerprint density at radius 3 is 2.51 bits per heavy atom. The number of benzene rings is 1. The van der Waals surface area contributed by atoms with Crippen molar-refractivity contribution < 1.29 is 9.53 Å². The van der Waals surface area contributed by atoms with Crippen molar-refractivity contribution in [2.75, 3.05) is 11.9 Å². The lowest BCUT2D eigenvalue weighted by Crippen LogP contribution is -2.26. The zero-order chi connectivity index (χ0) is 25.9. The second kappa shape index (κ2) is 10.0. The molecule has 0 aliphatic heterocycles. The first-order chi connectivity index (χ1) is 17.9. The topological polar surface area (TPSA) is 128 Å². The maximum absolute atomic E-state index is 13.3. The number of aromatic nitrogens is 6. The van der Waals surface area contributed by atoms with Crippen molar-refractivity contribution in [2.45, 2.75) is 26.8 Å². The second-order valence-corrected chi connectivity index (χ2v) is 8.45. The predicted octanol–water partition coefficient (Wildman–Crippen LogP) is 4.73. The number of imidazole rings is 1. The Balaban J connectivity index is 1.62. The minimum atomic E-state index is -0.611. The van der Waals surface area contributed by atoms with Gasteiger partial charge in [-0.2, -0.15) is 0 Å². The molecule has 4 aromatic heterocycles. The highest BCUT2D eigenvalue weighted by Crippen LogP contribution is 2.32. The van der Waals surface area contributed by atoms with Gasteiger partial charge in [-0.05, 0) is 68.3 Å². The van der Waals surface area contributed by atoms with Crippen LogP contribution in [0.25, 0.3) is 33.5 Å². The van der Waals surface area contributed by atoms with Crippen LogP contribution in [-0.2, 0) is 4.74 Å². The van der Waals surface area contributed by atoms with Crippen LogP contribution in [-0.4, -0.2) is 42.2 Å². The summed E-state index contributed by atoms with van der Waals surface area (Å²) in [6, 6.07) is 14.5. The summed E-state index contributed by atoms with van der Waals surface area (Å²) in [5, 5.41) is 2.60. The monoisotopic (exact) mass is 495 g/mol. The van der Waals surface area contributed by atoms with Crippen LogP contribution in [0.2, 0.25) is 0 Å². The number of hydrogen-bond donors (Lipinski definition) is 2. The molecule has 186 valence electrons. The van der Waals surface area contributed by atoms with Gasteiger partial charge in [-0.3, -0.25) is 15.1 Å². The van der Waals surface area contributed by atoms with E-state index in [2.05, 4.69) is 30.2 Å². The molecule has 5 rings (SSSR count). The molecule has 0 aliphatic carbocycles. The van der Waals surface area contributed by atoms with Crippen LogP contribution in [0.1, 0.15) is 31.3 Å². The number of rotatable bonds is 6. The fourth-order valence-electron chi connectivity index (χ4n) is 4.35. The summed E-state index contributed by atoms with van der Waals surface area (Å²) in [7, 11) is 0. The van der Waals surface area contributed by atoms with E-state index in [9.17, 15) is 9.59 Å². The Hall–Kier alpha value is -4.86. The molecule has 0 radical (unpaired) electrons. The van der Waals surface area contributed by atoms with Gasteiger partial charge in [0, 0.05) is 35.9 Å². The molecule has 5 aromatic rings. The minimum absolute atomic E-state index is 0.141. The van der Waals surface area contributed by atoms with E-state index in [4.69, 9.17) is 4.74 Å². The largest absolute Gasteiger partial charge is 0.450 e. The number of hydrogen-bond acceptors (Lipinski definition) is 7. The molecule has 0 aliphatic rings. The number of carbonyl (C=O) groups excluding carboxylic acids is 1. The summed E-state index contributed by atoms with van der Waals surface area (Å²) in [6.45, 7) is 5.82. The van der Waals surface area contributed by atoms with Crippen LogP contribution >= 0.6 is 0 Å². The Bertz CT molecular complexity index is 1630.